The fraction of sp³-hybridized carbons (Fsp3) is 0.600. The first-order chi connectivity index (χ1) is 12.5. The zero-order chi connectivity index (χ0) is 21.9. The zero-order valence-electron chi connectivity index (χ0n) is 18.0. The van der Waals surface area contributed by atoms with Crippen LogP contribution in [0.4, 0.5) is 4.79 Å². The lowest BCUT2D eigenvalue weighted by Gasteiger charge is -2.38. The lowest BCUT2D eigenvalue weighted by molar-refractivity contribution is -0.00783. The number of rotatable bonds is 6. The van der Waals surface area contributed by atoms with Crippen molar-refractivity contribution in [3.63, 3.8) is 0 Å². The van der Waals surface area contributed by atoms with Gasteiger partial charge in [0.05, 0.1) is 18.2 Å². The van der Waals surface area contributed by atoms with E-state index in [2.05, 4.69) is 0 Å². The lowest BCUT2D eigenvalue weighted by atomic mass is 10.0. The quantitative estimate of drug-likeness (QED) is 0.546. The Balaban J connectivity index is 3.11. The van der Waals surface area contributed by atoms with Crippen molar-refractivity contribution in [2.24, 2.45) is 0 Å². The monoisotopic (exact) mass is 413 g/mol. The molecule has 0 aromatic heterocycles. The topological polar surface area (TPSA) is 93.1 Å². The van der Waals surface area contributed by atoms with Gasteiger partial charge in [0, 0.05) is 18.9 Å². The lowest BCUT2D eigenvalue weighted by Crippen LogP contribution is -2.49. The number of ether oxygens (including phenoxy) is 1. The van der Waals surface area contributed by atoms with Crippen molar-refractivity contribution in [1.82, 2.24) is 4.90 Å². The van der Waals surface area contributed by atoms with Crippen molar-refractivity contribution in [2.75, 3.05) is 19.9 Å². The van der Waals surface area contributed by atoms with Gasteiger partial charge in [0.2, 0.25) is 7.37 Å². The highest BCUT2D eigenvalue weighted by Gasteiger charge is 2.32. The van der Waals surface area contributed by atoms with E-state index in [0.717, 1.165) is 0 Å². The molecule has 158 valence electrons. The number of aliphatic hydroxyl groups excluding tert-OH is 1. The van der Waals surface area contributed by atoms with Crippen molar-refractivity contribution in [3.05, 3.63) is 29.3 Å². The molecular formula is C20H32NO6P. The van der Waals surface area contributed by atoms with Gasteiger partial charge in [0.25, 0.3) is 0 Å². The third-order valence-electron chi connectivity index (χ3n) is 3.64. The van der Waals surface area contributed by atoms with E-state index in [1.807, 2.05) is 20.8 Å². The molecule has 1 rings (SSSR count). The predicted octanol–water partition coefficient (Wildman–Crippen LogP) is 4.48. The average molecular weight is 413 g/mol. The Labute approximate surface area is 167 Å². The number of hydrogen-bond acceptors (Lipinski definition) is 6. The molecule has 0 aliphatic carbocycles. The fourth-order valence-electron chi connectivity index (χ4n) is 2.40. The molecule has 0 aliphatic heterocycles. The third kappa shape index (κ3) is 7.64. The molecule has 0 bridgehead atoms. The van der Waals surface area contributed by atoms with Crippen molar-refractivity contribution < 1.29 is 28.5 Å². The largest absolute Gasteiger partial charge is 0.444 e. The average Bonchev–Trinajstić information content (AvgIpc) is 2.48. The van der Waals surface area contributed by atoms with Crippen molar-refractivity contribution >= 4 is 19.7 Å². The zero-order valence-corrected chi connectivity index (χ0v) is 18.9. The summed E-state index contributed by atoms with van der Waals surface area (Å²) in [7, 11) is -2.84. The summed E-state index contributed by atoms with van der Waals surface area (Å²) < 4.78 is 22.7. The number of carbonyl (C=O) groups excluding carboxylic acids is 2. The first-order valence-corrected chi connectivity index (χ1v) is 11.6. The van der Waals surface area contributed by atoms with Gasteiger partial charge in [-0.25, -0.2) is 4.79 Å². The molecule has 1 aromatic carbocycles. The maximum absolute atomic E-state index is 12.6. The highest BCUT2D eigenvalue weighted by Crippen LogP contribution is 2.40. The number of hydrogen-bond donors (Lipinski definition) is 1. The van der Waals surface area contributed by atoms with Crippen LogP contribution < -0.4 is 4.52 Å². The molecule has 0 saturated carbocycles. The van der Waals surface area contributed by atoms with Gasteiger partial charge in [0.15, 0.2) is 6.29 Å². The summed E-state index contributed by atoms with van der Waals surface area (Å²) in [5.74, 6) is 0.194. The minimum atomic E-state index is -2.84. The van der Waals surface area contributed by atoms with Crippen LogP contribution in [0.5, 0.6) is 5.75 Å². The highest BCUT2D eigenvalue weighted by molar-refractivity contribution is 7.57. The van der Waals surface area contributed by atoms with Gasteiger partial charge in [0.1, 0.15) is 11.4 Å². The second-order valence-electron chi connectivity index (χ2n) is 9.04. The van der Waals surface area contributed by atoms with Crippen LogP contribution in [0.25, 0.3) is 0 Å². The van der Waals surface area contributed by atoms with E-state index in [0.29, 0.717) is 11.8 Å². The number of aliphatic hydroxyl groups is 1. The molecular weight excluding hydrogens is 381 g/mol. The van der Waals surface area contributed by atoms with Crippen LogP contribution in [0.3, 0.4) is 0 Å². The van der Waals surface area contributed by atoms with Gasteiger partial charge in [-0.15, -0.1) is 0 Å². The van der Waals surface area contributed by atoms with Gasteiger partial charge in [-0.1, -0.05) is 6.07 Å². The van der Waals surface area contributed by atoms with E-state index in [-0.39, 0.29) is 17.9 Å². The standard InChI is InChI=1S/C20H32NO6P/c1-19(2,3)21(18(24)26-20(4,5)6)12-16(23)14-9-10-17(15(11-14)13-22)27-28(7,8)25/h9-11,13,16,23H,12H2,1-8H3. The number of β-amino-alcohol motifs (C(OH)–C–C–N with tert-alkyl or cyclic N) is 1. The second-order valence-corrected chi connectivity index (χ2v) is 11.7. The summed E-state index contributed by atoms with van der Waals surface area (Å²) in [5, 5.41) is 10.7. The Hall–Kier alpha value is -1.85. The first kappa shape index (κ1) is 24.2. The summed E-state index contributed by atoms with van der Waals surface area (Å²) in [4.78, 5) is 25.4. The maximum atomic E-state index is 12.6. The Morgan fingerprint density at radius 2 is 1.79 bits per heavy atom. The number of amides is 1. The molecule has 7 nitrogen and oxygen atoms in total. The molecule has 0 spiro atoms. The van der Waals surface area contributed by atoms with Crippen LogP contribution in [0.15, 0.2) is 18.2 Å². The Bertz CT molecular complexity index is 757. The molecule has 1 N–H and O–H groups in total. The Morgan fingerprint density at radius 1 is 1.21 bits per heavy atom. The molecule has 1 aromatic rings. The highest BCUT2D eigenvalue weighted by atomic mass is 31.2. The number of carbonyl (C=O) groups is 2. The molecule has 28 heavy (non-hydrogen) atoms. The smallest absolute Gasteiger partial charge is 0.410 e. The third-order valence-corrected chi connectivity index (χ3v) is 4.28. The van der Waals surface area contributed by atoms with E-state index < -0.39 is 30.7 Å². The van der Waals surface area contributed by atoms with Gasteiger partial charge in [-0.3, -0.25) is 9.36 Å². The molecule has 1 atom stereocenters. The summed E-state index contributed by atoms with van der Waals surface area (Å²) in [5.41, 5.74) is -0.630. The van der Waals surface area contributed by atoms with Gasteiger partial charge in [-0.2, -0.15) is 0 Å². The minimum Gasteiger partial charge on any atom is -0.444 e. The van der Waals surface area contributed by atoms with E-state index in [4.69, 9.17) is 9.26 Å². The molecule has 0 heterocycles. The SMILES string of the molecule is CC(C)(C)OC(=O)N(CC(O)c1ccc(OP(C)(C)=O)c(C=O)c1)C(C)(C)C. The maximum Gasteiger partial charge on any atom is 0.410 e. The molecule has 0 radical (unpaired) electrons. The van der Waals surface area contributed by atoms with E-state index >= 15 is 0 Å². The van der Waals surface area contributed by atoms with Crippen molar-refractivity contribution in [3.8, 4) is 5.75 Å². The summed E-state index contributed by atoms with van der Waals surface area (Å²) in [6.07, 6.45) is -1.00. The predicted molar refractivity (Wildman–Crippen MR) is 110 cm³/mol. The van der Waals surface area contributed by atoms with E-state index in [1.165, 1.54) is 30.4 Å². The van der Waals surface area contributed by atoms with Gasteiger partial charge in [-0.05, 0) is 59.2 Å². The van der Waals surface area contributed by atoms with Crippen molar-refractivity contribution in [1.29, 1.82) is 0 Å². The normalized spacial score (nSPS) is 13.6. The van der Waals surface area contributed by atoms with Crippen molar-refractivity contribution in [2.45, 2.75) is 58.8 Å². The first-order valence-electron chi connectivity index (χ1n) is 9.06. The molecule has 0 saturated heterocycles. The minimum absolute atomic E-state index is 0.0169. The van der Waals surface area contributed by atoms with E-state index in [1.54, 1.807) is 26.8 Å². The summed E-state index contributed by atoms with van der Waals surface area (Å²) >= 11 is 0. The van der Waals surface area contributed by atoms with Crippen LogP contribution in [-0.2, 0) is 9.30 Å². The molecule has 0 fully saturated rings. The molecule has 8 heteroatoms. The Kier molecular flexibility index (Phi) is 7.48. The Morgan fingerprint density at radius 3 is 2.21 bits per heavy atom. The second kappa shape index (κ2) is 8.66. The number of benzene rings is 1. The van der Waals surface area contributed by atoms with Crippen LogP contribution in [-0.4, -0.2) is 53.4 Å². The summed E-state index contributed by atoms with van der Waals surface area (Å²) in [6, 6.07) is 4.55. The molecule has 1 unspecified atom stereocenters. The summed E-state index contributed by atoms with van der Waals surface area (Å²) in [6.45, 7) is 13.7. The van der Waals surface area contributed by atoms with Crippen LogP contribution in [0.1, 0.15) is 63.6 Å². The van der Waals surface area contributed by atoms with E-state index in [9.17, 15) is 19.3 Å². The number of aldehydes is 1. The van der Waals surface area contributed by atoms with Gasteiger partial charge < -0.3 is 19.3 Å². The molecule has 0 aliphatic rings. The van der Waals surface area contributed by atoms with Crippen LogP contribution in [0, 0.1) is 0 Å². The van der Waals surface area contributed by atoms with Crippen LogP contribution in [0.2, 0.25) is 0 Å². The molecule has 1 amide bonds. The fourth-order valence-corrected chi connectivity index (χ4v) is 3.04. The van der Waals surface area contributed by atoms with Gasteiger partial charge >= 0.3 is 6.09 Å². The number of nitrogens with zero attached hydrogens (tertiary/aromatic N) is 1. The van der Waals surface area contributed by atoms with Crippen LogP contribution >= 0.6 is 7.37 Å².